The number of carbonyl (C=O) groups excluding carboxylic acids is 3. The maximum absolute atomic E-state index is 14.6. The Hall–Kier alpha value is -3.87. The van der Waals surface area contributed by atoms with Crippen LogP contribution in [0.25, 0.3) is 0 Å². The van der Waals surface area contributed by atoms with Gasteiger partial charge < -0.3 is 34.9 Å². The Bertz CT molecular complexity index is 1560. The molecule has 11 heteroatoms. The molecule has 2 heterocycles. The zero-order valence-electron chi connectivity index (χ0n) is 26.7. The molecule has 0 saturated carbocycles. The van der Waals surface area contributed by atoms with Crippen LogP contribution in [0, 0.1) is 5.92 Å². The lowest BCUT2D eigenvalue weighted by molar-refractivity contribution is -0.150. The van der Waals surface area contributed by atoms with Crippen molar-refractivity contribution in [3.63, 3.8) is 0 Å². The zero-order chi connectivity index (χ0) is 33.2. The predicted molar refractivity (Wildman–Crippen MR) is 177 cm³/mol. The van der Waals surface area contributed by atoms with Crippen molar-refractivity contribution in [2.75, 3.05) is 23.4 Å². The van der Waals surface area contributed by atoms with Crippen LogP contribution in [0.1, 0.15) is 37.0 Å². The van der Waals surface area contributed by atoms with Crippen LogP contribution in [0.2, 0.25) is 18.6 Å². The fraction of sp³-hybridized carbons (Fsp3) is 0.400. The van der Waals surface area contributed by atoms with E-state index in [1.165, 1.54) is 6.92 Å². The maximum atomic E-state index is 14.6. The number of nitrogens with zero attached hydrogens (tertiary/aromatic N) is 2. The predicted octanol–water partition coefficient (Wildman–Crippen LogP) is 3.76. The third-order valence-electron chi connectivity index (χ3n) is 9.15. The van der Waals surface area contributed by atoms with E-state index in [4.69, 9.17) is 4.74 Å². The van der Waals surface area contributed by atoms with Gasteiger partial charge in [-0.3, -0.25) is 14.4 Å². The highest BCUT2D eigenvalue weighted by Crippen LogP contribution is 2.59. The van der Waals surface area contributed by atoms with Crippen molar-refractivity contribution in [3.8, 4) is 0 Å². The molecule has 46 heavy (non-hydrogen) atoms. The van der Waals surface area contributed by atoms with E-state index in [9.17, 15) is 29.4 Å². The van der Waals surface area contributed by atoms with Crippen LogP contribution in [0.3, 0.4) is 0 Å². The first-order valence-electron chi connectivity index (χ1n) is 15.7. The fourth-order valence-electron chi connectivity index (χ4n) is 7.03. The smallest absolute Gasteiger partial charge is 0.264 e. The summed E-state index contributed by atoms with van der Waals surface area (Å²) in [7, 11) is -2.98. The van der Waals surface area contributed by atoms with E-state index in [2.05, 4.69) is 5.32 Å². The number of fused-ring (bicyclic) bond motifs is 2. The Labute approximate surface area is 270 Å². The fourth-order valence-corrected chi connectivity index (χ4v) is 9.58. The van der Waals surface area contributed by atoms with Crippen LogP contribution in [0.15, 0.2) is 78.9 Å². The van der Waals surface area contributed by atoms with E-state index in [0.717, 1.165) is 11.1 Å². The molecule has 0 aromatic heterocycles. The molecule has 0 aliphatic carbocycles. The molecule has 2 aliphatic heterocycles. The second-order valence-electron chi connectivity index (χ2n) is 12.9. The Morgan fingerprint density at radius 3 is 2.30 bits per heavy atom. The van der Waals surface area contributed by atoms with E-state index in [0.29, 0.717) is 23.5 Å². The number of hydrogen-bond donors (Lipinski definition) is 4. The molecular formula is C35H43N3O7Si. The molecule has 3 aromatic carbocycles. The average molecular weight is 646 g/mol. The van der Waals surface area contributed by atoms with Gasteiger partial charge in [-0.1, -0.05) is 67.6 Å². The molecule has 10 nitrogen and oxygen atoms in total. The monoisotopic (exact) mass is 645 g/mol. The van der Waals surface area contributed by atoms with Crippen LogP contribution >= 0.6 is 0 Å². The zero-order valence-corrected chi connectivity index (χ0v) is 27.7. The summed E-state index contributed by atoms with van der Waals surface area (Å²) in [6.45, 7) is 7.51. The topological polar surface area (TPSA) is 140 Å². The van der Waals surface area contributed by atoms with Gasteiger partial charge in [0.25, 0.3) is 11.8 Å². The first-order valence-corrected chi connectivity index (χ1v) is 18.7. The van der Waals surface area contributed by atoms with Gasteiger partial charge in [-0.05, 0) is 49.3 Å². The Balaban J connectivity index is 1.43. The molecule has 1 saturated heterocycles. The lowest BCUT2D eigenvalue weighted by Crippen LogP contribution is -2.46. The van der Waals surface area contributed by atoms with Gasteiger partial charge in [-0.25, -0.2) is 0 Å². The van der Waals surface area contributed by atoms with Crippen molar-refractivity contribution in [1.29, 1.82) is 0 Å². The van der Waals surface area contributed by atoms with E-state index >= 15 is 0 Å². The van der Waals surface area contributed by atoms with Crippen LogP contribution < -0.4 is 10.2 Å². The number of amides is 3. The third-order valence-corrected chi connectivity index (χ3v) is 11.7. The first-order chi connectivity index (χ1) is 21.9. The van der Waals surface area contributed by atoms with Crippen LogP contribution in [-0.4, -0.2) is 71.3 Å². The summed E-state index contributed by atoms with van der Waals surface area (Å²) in [5.41, 5.74) is 1.90. The highest BCUT2D eigenvalue weighted by molar-refractivity contribution is 6.71. The Morgan fingerprint density at radius 2 is 1.67 bits per heavy atom. The minimum Gasteiger partial charge on any atom is -0.432 e. The molecule has 0 unspecified atom stereocenters. The van der Waals surface area contributed by atoms with Gasteiger partial charge in [0.05, 0.1) is 31.4 Å². The molecule has 4 N–H and O–H groups in total. The van der Waals surface area contributed by atoms with Crippen molar-refractivity contribution < 1.29 is 34.1 Å². The minimum atomic E-state index is -2.98. The van der Waals surface area contributed by atoms with Crippen molar-refractivity contribution in [3.05, 3.63) is 95.6 Å². The third kappa shape index (κ3) is 6.51. The summed E-state index contributed by atoms with van der Waals surface area (Å²) in [5, 5.41) is 21.9. The number of anilines is 2. The number of ether oxygens (including phenoxy) is 1. The van der Waals surface area contributed by atoms with Crippen LogP contribution in [0.5, 0.6) is 0 Å². The second kappa shape index (κ2) is 13.5. The molecule has 1 fully saturated rings. The summed E-state index contributed by atoms with van der Waals surface area (Å²) >= 11 is 0. The quantitative estimate of drug-likeness (QED) is 0.233. The van der Waals surface area contributed by atoms with Crippen LogP contribution in [-0.2, 0) is 37.8 Å². The maximum Gasteiger partial charge on any atom is 0.264 e. The van der Waals surface area contributed by atoms with E-state index in [1.807, 2.05) is 86.7 Å². The number of hydrogen-bond acceptors (Lipinski definition) is 7. The molecule has 0 radical (unpaired) electrons. The van der Waals surface area contributed by atoms with Gasteiger partial charge in [0.1, 0.15) is 6.10 Å². The number of aliphatic hydroxyl groups is 2. The van der Waals surface area contributed by atoms with Gasteiger partial charge >= 0.3 is 0 Å². The Morgan fingerprint density at radius 1 is 1.02 bits per heavy atom. The SMILES string of the molecule is C[C@H](O)C(=O)Nc1ccc(CN2C(=O)[C@@]3(O[C@@H](CC(=O)N(CCO)Cc4ccccc4)[C@H]([Si](C)(C)O)[C@H]3C)c3ccccc32)cc1. The average Bonchev–Trinajstić information content (AvgIpc) is 3.44. The molecule has 3 aromatic rings. The van der Waals surface area contributed by atoms with E-state index < -0.39 is 43.5 Å². The number of para-hydroxylation sites is 1. The summed E-state index contributed by atoms with van der Waals surface area (Å²) in [5.74, 6) is -1.39. The van der Waals surface area contributed by atoms with Crippen molar-refractivity contribution in [2.45, 2.75) is 69.8 Å². The molecule has 244 valence electrons. The highest BCUT2D eigenvalue weighted by atomic mass is 28.4. The lowest BCUT2D eigenvalue weighted by Gasteiger charge is -2.32. The number of benzene rings is 3. The molecule has 1 spiro atoms. The second-order valence-corrected chi connectivity index (χ2v) is 16.8. The number of aliphatic hydroxyl groups excluding tert-OH is 2. The van der Waals surface area contributed by atoms with Gasteiger partial charge in [0, 0.05) is 35.8 Å². The molecule has 0 bridgehead atoms. The summed E-state index contributed by atoms with van der Waals surface area (Å²) in [4.78, 5) is 55.1. The van der Waals surface area contributed by atoms with E-state index in [-0.39, 0.29) is 37.9 Å². The highest BCUT2D eigenvalue weighted by Gasteiger charge is 2.66. The van der Waals surface area contributed by atoms with E-state index in [1.54, 1.807) is 21.9 Å². The first kappa shape index (κ1) is 33.5. The molecular weight excluding hydrogens is 602 g/mol. The van der Waals surface area contributed by atoms with Crippen molar-refractivity contribution >= 4 is 37.4 Å². The number of rotatable bonds is 11. The van der Waals surface area contributed by atoms with Crippen LogP contribution in [0.4, 0.5) is 11.4 Å². The molecule has 5 rings (SSSR count). The lowest BCUT2D eigenvalue weighted by atomic mass is 9.82. The standard InChI is InChI=1S/C35H43N3O7Si/c1-23-32(46(3,4)44)30(20-31(41)37(18-19-39)21-25-10-6-5-7-11-25)45-35(23)28-12-8-9-13-29(28)38(34(35)43)22-26-14-16-27(17-15-26)36-33(42)24(2)40/h5-17,23-24,30,32,39-40,44H,18-22H2,1-4H3,(H,36,42)/t23-,24+,30+,32-,35+/m1/s1. The normalized spacial score (nSPS) is 23.0. The van der Waals surface area contributed by atoms with Gasteiger partial charge in [0.2, 0.25) is 5.91 Å². The summed E-state index contributed by atoms with van der Waals surface area (Å²) in [6, 6.07) is 24.1. The summed E-state index contributed by atoms with van der Waals surface area (Å²) < 4.78 is 6.80. The Kier molecular flexibility index (Phi) is 9.80. The molecule has 5 atom stereocenters. The molecule has 2 aliphatic rings. The largest absolute Gasteiger partial charge is 0.432 e. The van der Waals surface area contributed by atoms with Crippen molar-refractivity contribution in [2.24, 2.45) is 5.92 Å². The van der Waals surface area contributed by atoms with Gasteiger partial charge in [-0.15, -0.1) is 0 Å². The van der Waals surface area contributed by atoms with Crippen molar-refractivity contribution in [1.82, 2.24) is 4.90 Å². The minimum absolute atomic E-state index is 0.0321. The van der Waals surface area contributed by atoms with Gasteiger partial charge in [-0.2, -0.15) is 0 Å². The molecule has 3 amide bonds. The van der Waals surface area contributed by atoms with Gasteiger partial charge in [0.15, 0.2) is 13.9 Å². The number of carbonyl (C=O) groups is 3. The number of nitrogens with one attached hydrogen (secondary N) is 1. The summed E-state index contributed by atoms with van der Waals surface area (Å²) in [6.07, 6.45) is -1.88.